The van der Waals surface area contributed by atoms with Crippen LogP contribution in [0.25, 0.3) is 22.1 Å². The molecule has 2 aliphatic rings. The molecule has 0 spiro atoms. The summed E-state index contributed by atoms with van der Waals surface area (Å²) in [6.45, 7) is 4.08. The number of anilines is 1. The molecule has 1 aromatic carbocycles. The van der Waals surface area contributed by atoms with Crippen LogP contribution in [0.4, 0.5) is 5.82 Å². The zero-order valence-electron chi connectivity index (χ0n) is 18.2. The number of piperidine rings is 1. The van der Waals surface area contributed by atoms with Crippen LogP contribution in [0.1, 0.15) is 55.2 Å². The smallest absolute Gasteiger partial charge is 0.251 e. The molecule has 6 rings (SSSR count). The number of nitrogens with zero attached hydrogens (tertiary/aromatic N) is 4. The molecule has 1 aliphatic heterocycles. The molecule has 0 radical (unpaired) electrons. The molecule has 4 heterocycles. The molecular formula is C24H27N7O. The minimum Gasteiger partial charge on any atom is -0.356 e. The van der Waals surface area contributed by atoms with Gasteiger partial charge in [-0.15, -0.1) is 0 Å². The van der Waals surface area contributed by atoms with E-state index in [1.807, 2.05) is 30.5 Å². The zero-order valence-corrected chi connectivity index (χ0v) is 18.2. The SMILES string of the molecule is CC1(c2nc3ccc(C(=O)NC4CCC4)cc3[nH]2)CCN(c2ncnc3[nH]ccc23)CC1. The number of hydrogen-bond donors (Lipinski definition) is 3. The third-order valence-electron chi connectivity index (χ3n) is 7.26. The van der Waals surface area contributed by atoms with E-state index in [1.165, 1.54) is 6.42 Å². The molecule has 0 bridgehead atoms. The molecule has 2 fully saturated rings. The number of carbonyl (C=O) groups is 1. The van der Waals surface area contributed by atoms with Crippen molar-refractivity contribution < 1.29 is 4.79 Å². The Bertz CT molecular complexity index is 1290. The summed E-state index contributed by atoms with van der Waals surface area (Å²) in [5, 5.41) is 4.18. The lowest BCUT2D eigenvalue weighted by atomic mass is 9.79. The van der Waals surface area contributed by atoms with Gasteiger partial charge in [0.1, 0.15) is 23.6 Å². The minimum atomic E-state index is -0.0475. The first-order valence-electron chi connectivity index (χ1n) is 11.4. The molecule has 0 unspecified atom stereocenters. The van der Waals surface area contributed by atoms with Crippen LogP contribution in [0.3, 0.4) is 0 Å². The number of rotatable bonds is 4. The second kappa shape index (κ2) is 7.32. The fourth-order valence-corrected chi connectivity index (χ4v) is 4.82. The van der Waals surface area contributed by atoms with Gasteiger partial charge in [0.25, 0.3) is 5.91 Å². The van der Waals surface area contributed by atoms with Crippen LogP contribution in [-0.2, 0) is 5.41 Å². The van der Waals surface area contributed by atoms with Crippen molar-refractivity contribution in [3.8, 4) is 0 Å². The van der Waals surface area contributed by atoms with Crippen molar-refractivity contribution in [2.45, 2.75) is 50.5 Å². The topological polar surface area (TPSA) is 103 Å². The van der Waals surface area contributed by atoms with Gasteiger partial charge in [0.2, 0.25) is 0 Å². The van der Waals surface area contributed by atoms with Crippen molar-refractivity contribution in [3.05, 3.63) is 48.2 Å². The number of aromatic amines is 2. The summed E-state index contributed by atoms with van der Waals surface area (Å²) < 4.78 is 0. The fourth-order valence-electron chi connectivity index (χ4n) is 4.82. The van der Waals surface area contributed by atoms with Crippen molar-refractivity contribution in [2.75, 3.05) is 18.0 Å². The number of aromatic nitrogens is 5. The van der Waals surface area contributed by atoms with Gasteiger partial charge in [-0.2, -0.15) is 0 Å². The van der Waals surface area contributed by atoms with Crippen molar-refractivity contribution in [1.82, 2.24) is 30.2 Å². The largest absolute Gasteiger partial charge is 0.356 e. The summed E-state index contributed by atoms with van der Waals surface area (Å²) in [7, 11) is 0. The Morgan fingerprint density at radius 1 is 1.19 bits per heavy atom. The first-order valence-corrected chi connectivity index (χ1v) is 11.4. The number of nitrogens with one attached hydrogen (secondary N) is 3. The van der Waals surface area contributed by atoms with Crippen LogP contribution >= 0.6 is 0 Å². The van der Waals surface area contributed by atoms with Gasteiger partial charge >= 0.3 is 0 Å². The van der Waals surface area contributed by atoms with E-state index in [2.05, 4.69) is 37.1 Å². The predicted octanol–water partition coefficient (Wildman–Crippen LogP) is 3.67. The standard InChI is InChI=1S/C24H27N7O/c1-24(8-11-31(12-9-24)21-17-7-10-25-20(17)26-14-27-21)23-29-18-6-5-15(13-19(18)30-23)22(32)28-16-3-2-4-16/h5-7,10,13-14,16H,2-4,8-9,11-12H2,1H3,(H,28,32)(H,29,30)(H,25,26,27). The molecule has 3 aromatic heterocycles. The van der Waals surface area contributed by atoms with E-state index in [0.29, 0.717) is 11.6 Å². The lowest BCUT2D eigenvalue weighted by Gasteiger charge is -2.38. The highest BCUT2D eigenvalue weighted by Crippen LogP contribution is 2.36. The summed E-state index contributed by atoms with van der Waals surface area (Å²) in [6, 6.07) is 8.14. The van der Waals surface area contributed by atoms with E-state index < -0.39 is 0 Å². The maximum atomic E-state index is 12.5. The van der Waals surface area contributed by atoms with Gasteiger partial charge in [0, 0.05) is 36.3 Å². The molecule has 164 valence electrons. The lowest BCUT2D eigenvalue weighted by Crippen LogP contribution is -2.42. The van der Waals surface area contributed by atoms with E-state index >= 15 is 0 Å². The van der Waals surface area contributed by atoms with Gasteiger partial charge in [-0.05, 0) is 56.4 Å². The fraction of sp³-hybridized carbons (Fsp3) is 0.417. The Balaban J connectivity index is 1.21. The van der Waals surface area contributed by atoms with Gasteiger partial charge < -0.3 is 20.2 Å². The third-order valence-corrected chi connectivity index (χ3v) is 7.26. The summed E-state index contributed by atoms with van der Waals surface area (Å²) in [5.41, 5.74) is 3.36. The molecule has 1 aliphatic carbocycles. The van der Waals surface area contributed by atoms with E-state index in [-0.39, 0.29) is 11.3 Å². The molecular weight excluding hydrogens is 402 g/mol. The molecule has 1 amide bonds. The maximum Gasteiger partial charge on any atom is 0.251 e. The second-order valence-electron chi connectivity index (χ2n) is 9.40. The predicted molar refractivity (Wildman–Crippen MR) is 124 cm³/mol. The Hall–Kier alpha value is -3.42. The van der Waals surface area contributed by atoms with E-state index in [1.54, 1.807) is 6.33 Å². The number of fused-ring (bicyclic) bond motifs is 2. The highest BCUT2D eigenvalue weighted by atomic mass is 16.1. The van der Waals surface area contributed by atoms with Gasteiger partial charge in [-0.1, -0.05) is 6.92 Å². The van der Waals surface area contributed by atoms with Crippen LogP contribution in [0.5, 0.6) is 0 Å². The Labute approximate surface area is 185 Å². The van der Waals surface area contributed by atoms with Gasteiger partial charge in [-0.25, -0.2) is 15.0 Å². The van der Waals surface area contributed by atoms with Crippen molar-refractivity contribution >= 4 is 33.8 Å². The summed E-state index contributed by atoms with van der Waals surface area (Å²) in [4.78, 5) is 35.3. The van der Waals surface area contributed by atoms with Crippen LogP contribution in [0.15, 0.2) is 36.8 Å². The van der Waals surface area contributed by atoms with Crippen LogP contribution in [0, 0.1) is 0 Å². The molecule has 8 nitrogen and oxygen atoms in total. The quantitative estimate of drug-likeness (QED) is 0.459. The number of amides is 1. The molecule has 1 saturated carbocycles. The van der Waals surface area contributed by atoms with Gasteiger partial charge in [-0.3, -0.25) is 4.79 Å². The summed E-state index contributed by atoms with van der Waals surface area (Å²) >= 11 is 0. The molecule has 3 N–H and O–H groups in total. The monoisotopic (exact) mass is 429 g/mol. The Morgan fingerprint density at radius 3 is 2.81 bits per heavy atom. The number of benzene rings is 1. The first kappa shape index (κ1) is 19.3. The Morgan fingerprint density at radius 2 is 2.03 bits per heavy atom. The maximum absolute atomic E-state index is 12.5. The van der Waals surface area contributed by atoms with Crippen LogP contribution < -0.4 is 10.2 Å². The molecule has 32 heavy (non-hydrogen) atoms. The Kier molecular flexibility index (Phi) is 4.41. The summed E-state index contributed by atoms with van der Waals surface area (Å²) in [5.74, 6) is 2.00. The highest BCUT2D eigenvalue weighted by molar-refractivity contribution is 5.97. The van der Waals surface area contributed by atoms with Crippen molar-refractivity contribution in [1.29, 1.82) is 0 Å². The minimum absolute atomic E-state index is 0.00759. The zero-order chi connectivity index (χ0) is 21.7. The van der Waals surface area contributed by atoms with Crippen molar-refractivity contribution in [3.63, 3.8) is 0 Å². The number of hydrogen-bond acceptors (Lipinski definition) is 5. The van der Waals surface area contributed by atoms with E-state index in [4.69, 9.17) is 4.98 Å². The summed E-state index contributed by atoms with van der Waals surface area (Å²) in [6.07, 6.45) is 8.85. The average molecular weight is 430 g/mol. The number of H-pyrrole nitrogens is 2. The normalized spacial score (nSPS) is 18.7. The van der Waals surface area contributed by atoms with E-state index in [0.717, 1.165) is 72.5 Å². The molecule has 0 atom stereocenters. The highest BCUT2D eigenvalue weighted by Gasteiger charge is 2.35. The number of carbonyl (C=O) groups excluding carboxylic acids is 1. The van der Waals surface area contributed by atoms with Crippen LogP contribution in [0.2, 0.25) is 0 Å². The molecule has 8 heteroatoms. The third kappa shape index (κ3) is 3.21. The van der Waals surface area contributed by atoms with Crippen LogP contribution in [-0.4, -0.2) is 50.0 Å². The van der Waals surface area contributed by atoms with Gasteiger partial charge in [0.15, 0.2) is 0 Å². The molecule has 1 saturated heterocycles. The first-order chi connectivity index (χ1) is 15.6. The lowest BCUT2D eigenvalue weighted by molar-refractivity contribution is 0.0917. The number of imidazole rings is 1. The second-order valence-corrected chi connectivity index (χ2v) is 9.40. The average Bonchev–Trinajstić information content (AvgIpc) is 3.43. The van der Waals surface area contributed by atoms with Crippen molar-refractivity contribution in [2.24, 2.45) is 0 Å². The molecule has 4 aromatic rings. The van der Waals surface area contributed by atoms with E-state index in [9.17, 15) is 4.79 Å². The van der Waals surface area contributed by atoms with Gasteiger partial charge in [0.05, 0.1) is 16.4 Å².